The van der Waals surface area contributed by atoms with Crippen LogP contribution >= 0.6 is 0 Å². The van der Waals surface area contributed by atoms with Crippen molar-refractivity contribution in [1.82, 2.24) is 4.98 Å². The van der Waals surface area contributed by atoms with Gasteiger partial charge in [0.2, 0.25) is 0 Å². The molecule has 0 aliphatic carbocycles. The Morgan fingerprint density at radius 1 is 1.30 bits per heavy atom. The highest BCUT2D eigenvalue weighted by Gasteiger charge is 2.20. The van der Waals surface area contributed by atoms with Crippen LogP contribution in [-0.2, 0) is 0 Å². The monoisotopic (exact) mass is 271 g/mol. The third kappa shape index (κ3) is 2.71. The molecule has 0 atom stereocenters. The van der Waals surface area contributed by atoms with Gasteiger partial charge in [0.05, 0.1) is 11.4 Å². The minimum atomic E-state index is -0.341. The van der Waals surface area contributed by atoms with Gasteiger partial charge in [-0.3, -0.25) is 9.59 Å². The van der Waals surface area contributed by atoms with E-state index in [4.69, 9.17) is 5.73 Å². The Hall–Kier alpha value is -2.56. The number of para-hydroxylation sites is 2. The number of aromatic amines is 1. The van der Waals surface area contributed by atoms with Gasteiger partial charge in [0.25, 0.3) is 5.91 Å². The zero-order valence-corrected chi connectivity index (χ0v) is 11.3. The van der Waals surface area contributed by atoms with Gasteiger partial charge < -0.3 is 15.6 Å². The van der Waals surface area contributed by atoms with E-state index in [0.717, 1.165) is 6.42 Å². The molecule has 0 aliphatic rings. The van der Waals surface area contributed by atoms with Gasteiger partial charge in [0.1, 0.15) is 5.56 Å². The number of aromatic nitrogens is 1. The second-order valence-corrected chi connectivity index (χ2v) is 4.44. The van der Waals surface area contributed by atoms with Gasteiger partial charge in [-0.25, -0.2) is 0 Å². The fraction of sp³-hybridized carbons (Fsp3) is 0.200. The van der Waals surface area contributed by atoms with Crippen LogP contribution in [-0.4, -0.2) is 17.4 Å². The molecule has 2 aromatic rings. The van der Waals surface area contributed by atoms with E-state index in [-0.39, 0.29) is 16.9 Å². The summed E-state index contributed by atoms with van der Waals surface area (Å²) in [7, 11) is 0. The molecule has 0 radical (unpaired) electrons. The quantitative estimate of drug-likeness (QED) is 0.835. The fourth-order valence-corrected chi connectivity index (χ4v) is 2.02. The number of hydrogen-bond acceptors (Lipinski definition) is 3. The van der Waals surface area contributed by atoms with Crippen LogP contribution in [0.1, 0.15) is 23.7 Å². The summed E-state index contributed by atoms with van der Waals surface area (Å²) in [6.07, 6.45) is 3.69. The van der Waals surface area contributed by atoms with Crippen molar-refractivity contribution in [2.45, 2.75) is 13.3 Å². The molecule has 0 fully saturated rings. The smallest absolute Gasteiger partial charge is 0.263 e. The van der Waals surface area contributed by atoms with E-state index >= 15 is 0 Å². The Morgan fingerprint density at radius 3 is 2.70 bits per heavy atom. The Labute approximate surface area is 117 Å². The van der Waals surface area contributed by atoms with Gasteiger partial charge in [0, 0.05) is 25.0 Å². The molecule has 20 heavy (non-hydrogen) atoms. The lowest BCUT2D eigenvalue weighted by Gasteiger charge is -2.23. The first kappa shape index (κ1) is 13.9. The maximum atomic E-state index is 12.6. The predicted octanol–water partition coefficient (Wildman–Crippen LogP) is 2.01. The summed E-state index contributed by atoms with van der Waals surface area (Å²) in [4.78, 5) is 28.7. The highest BCUT2D eigenvalue weighted by atomic mass is 16.2. The maximum Gasteiger partial charge on any atom is 0.263 e. The van der Waals surface area contributed by atoms with Crippen LogP contribution in [0.2, 0.25) is 0 Å². The first-order chi connectivity index (χ1) is 9.65. The standard InChI is InChI=1S/C15H17N3O2/c1-2-9-18(13-6-4-3-5-12(13)16)15(20)11-10-17-8-7-14(11)19/h3-8,10H,2,9,16H2,1H3,(H,17,19). The van der Waals surface area contributed by atoms with Crippen molar-refractivity contribution in [3.8, 4) is 0 Å². The summed E-state index contributed by atoms with van der Waals surface area (Å²) < 4.78 is 0. The molecule has 0 aliphatic heterocycles. The highest BCUT2D eigenvalue weighted by Crippen LogP contribution is 2.23. The lowest BCUT2D eigenvalue weighted by molar-refractivity contribution is 0.0985. The van der Waals surface area contributed by atoms with E-state index in [2.05, 4.69) is 4.98 Å². The van der Waals surface area contributed by atoms with Gasteiger partial charge >= 0.3 is 0 Å². The van der Waals surface area contributed by atoms with Crippen molar-refractivity contribution in [3.05, 3.63) is 58.5 Å². The Kier molecular flexibility index (Phi) is 4.20. The van der Waals surface area contributed by atoms with Crippen molar-refractivity contribution in [3.63, 3.8) is 0 Å². The summed E-state index contributed by atoms with van der Waals surface area (Å²) in [5, 5.41) is 0. The number of nitrogen functional groups attached to an aromatic ring is 1. The minimum absolute atomic E-state index is 0.115. The number of hydrogen-bond donors (Lipinski definition) is 2. The Bertz CT molecular complexity index is 664. The van der Waals surface area contributed by atoms with Crippen LogP contribution in [0, 0.1) is 0 Å². The van der Waals surface area contributed by atoms with Gasteiger partial charge in [-0.05, 0) is 18.6 Å². The molecule has 1 aromatic carbocycles. The third-order valence-corrected chi connectivity index (χ3v) is 2.97. The molecule has 1 aromatic heterocycles. The van der Waals surface area contributed by atoms with Gasteiger partial charge in [-0.2, -0.15) is 0 Å². The van der Waals surface area contributed by atoms with Crippen molar-refractivity contribution in [1.29, 1.82) is 0 Å². The first-order valence-corrected chi connectivity index (χ1v) is 6.48. The van der Waals surface area contributed by atoms with Gasteiger partial charge in [-0.15, -0.1) is 0 Å². The van der Waals surface area contributed by atoms with E-state index in [1.807, 2.05) is 19.1 Å². The van der Waals surface area contributed by atoms with E-state index < -0.39 is 0 Å². The largest absolute Gasteiger partial charge is 0.397 e. The second-order valence-electron chi connectivity index (χ2n) is 4.44. The highest BCUT2D eigenvalue weighted by molar-refractivity contribution is 6.07. The van der Waals surface area contributed by atoms with Crippen LogP contribution in [0.3, 0.4) is 0 Å². The molecular formula is C15H17N3O2. The molecule has 104 valence electrons. The van der Waals surface area contributed by atoms with E-state index in [9.17, 15) is 9.59 Å². The zero-order valence-electron chi connectivity index (χ0n) is 11.3. The molecule has 0 saturated carbocycles. The third-order valence-electron chi connectivity index (χ3n) is 2.97. The summed E-state index contributed by atoms with van der Waals surface area (Å²) in [5.41, 5.74) is 6.88. The normalized spacial score (nSPS) is 10.2. The molecule has 0 saturated heterocycles. The van der Waals surface area contributed by atoms with E-state index in [1.54, 1.807) is 17.0 Å². The topological polar surface area (TPSA) is 79.2 Å². The summed E-state index contributed by atoms with van der Waals surface area (Å²) in [6, 6.07) is 8.48. The average molecular weight is 271 g/mol. The molecule has 3 N–H and O–H groups in total. The van der Waals surface area contributed by atoms with Crippen LogP contribution in [0.4, 0.5) is 11.4 Å². The number of nitrogens with zero attached hydrogens (tertiary/aromatic N) is 1. The summed E-state index contributed by atoms with van der Waals surface area (Å²) in [6.45, 7) is 2.47. The summed E-state index contributed by atoms with van der Waals surface area (Å²) in [5.74, 6) is -0.341. The number of benzene rings is 1. The minimum Gasteiger partial charge on any atom is -0.397 e. The zero-order chi connectivity index (χ0) is 14.5. The molecular weight excluding hydrogens is 254 g/mol. The predicted molar refractivity (Wildman–Crippen MR) is 79.9 cm³/mol. The molecule has 1 amide bonds. The number of H-pyrrole nitrogens is 1. The number of carbonyl (C=O) groups is 1. The van der Waals surface area contributed by atoms with Crippen molar-refractivity contribution < 1.29 is 4.79 Å². The molecule has 2 rings (SSSR count). The van der Waals surface area contributed by atoms with Crippen molar-refractivity contribution in [2.75, 3.05) is 17.2 Å². The number of carbonyl (C=O) groups excluding carboxylic acids is 1. The van der Waals surface area contributed by atoms with Crippen molar-refractivity contribution >= 4 is 17.3 Å². The Balaban J connectivity index is 2.44. The van der Waals surface area contributed by atoms with Crippen molar-refractivity contribution in [2.24, 2.45) is 0 Å². The molecule has 0 bridgehead atoms. The molecule has 5 nitrogen and oxygen atoms in total. The molecule has 1 heterocycles. The molecule has 5 heteroatoms. The lowest BCUT2D eigenvalue weighted by Crippen LogP contribution is -2.35. The average Bonchev–Trinajstić information content (AvgIpc) is 2.46. The fourth-order valence-electron chi connectivity index (χ4n) is 2.02. The first-order valence-electron chi connectivity index (χ1n) is 6.48. The number of nitrogens with one attached hydrogen (secondary N) is 1. The number of nitrogens with two attached hydrogens (primary N) is 1. The van der Waals surface area contributed by atoms with Crippen LogP contribution in [0.25, 0.3) is 0 Å². The van der Waals surface area contributed by atoms with Gasteiger partial charge in [-0.1, -0.05) is 19.1 Å². The maximum absolute atomic E-state index is 12.6. The number of amides is 1. The van der Waals surface area contributed by atoms with Crippen LogP contribution in [0.5, 0.6) is 0 Å². The molecule has 0 spiro atoms. The number of pyridine rings is 1. The molecule has 0 unspecified atom stereocenters. The SMILES string of the molecule is CCCN(C(=O)c1c[nH]ccc1=O)c1ccccc1N. The van der Waals surface area contributed by atoms with Crippen LogP contribution in [0.15, 0.2) is 47.5 Å². The number of rotatable bonds is 4. The Morgan fingerprint density at radius 2 is 2.05 bits per heavy atom. The summed E-state index contributed by atoms with van der Waals surface area (Å²) >= 11 is 0. The lowest BCUT2D eigenvalue weighted by atomic mass is 10.2. The number of anilines is 2. The van der Waals surface area contributed by atoms with Gasteiger partial charge in [0.15, 0.2) is 5.43 Å². The van der Waals surface area contributed by atoms with Crippen LogP contribution < -0.4 is 16.1 Å². The van der Waals surface area contributed by atoms with E-state index in [0.29, 0.717) is 17.9 Å². The second kappa shape index (κ2) is 6.06. The van der Waals surface area contributed by atoms with E-state index in [1.165, 1.54) is 18.5 Å².